The fourth-order valence-electron chi connectivity index (χ4n) is 2.95. The van der Waals surface area contributed by atoms with Crippen molar-refractivity contribution in [1.82, 2.24) is 9.38 Å². The van der Waals surface area contributed by atoms with Crippen LogP contribution in [0.25, 0.3) is 16.8 Å². The number of aromatic nitrogens is 3. The first-order valence-electron chi connectivity index (χ1n) is 7.26. The maximum Gasteiger partial charge on any atom is 0.368 e. The molecule has 2 aromatic heterocycles. The summed E-state index contributed by atoms with van der Waals surface area (Å²) in [5, 5.41) is 0. The summed E-state index contributed by atoms with van der Waals surface area (Å²) in [6.07, 6.45) is 2.16. The van der Waals surface area contributed by atoms with E-state index in [1.165, 1.54) is 27.9 Å². The highest BCUT2D eigenvalue weighted by Gasteiger charge is 2.19. The summed E-state index contributed by atoms with van der Waals surface area (Å²) < 4.78 is 4.58. The Morgan fingerprint density at radius 2 is 1.76 bits per heavy atom. The summed E-state index contributed by atoms with van der Waals surface area (Å²) in [6.45, 7) is 5.09. The molecule has 0 radical (unpaired) electrons. The average Bonchev–Trinajstić information content (AvgIpc) is 2.99. The van der Waals surface area contributed by atoms with Crippen LogP contribution in [0, 0.1) is 13.8 Å². The van der Waals surface area contributed by atoms with E-state index in [-0.39, 0.29) is 0 Å². The minimum atomic E-state index is 0.872. The molecule has 2 aromatic carbocycles. The first-order chi connectivity index (χ1) is 10.2. The highest BCUT2D eigenvalue weighted by molar-refractivity contribution is 5.75. The van der Waals surface area contributed by atoms with E-state index >= 15 is 0 Å². The molecule has 104 valence electrons. The van der Waals surface area contributed by atoms with Crippen LogP contribution in [0.15, 0.2) is 54.7 Å². The number of hydrogen-bond acceptors (Lipinski definition) is 0. The van der Waals surface area contributed by atoms with E-state index < -0.39 is 0 Å². The molecule has 0 saturated heterocycles. The van der Waals surface area contributed by atoms with Gasteiger partial charge in [-0.3, -0.25) is 0 Å². The number of nitrogens with one attached hydrogen (secondary N) is 1. The molecule has 3 nitrogen and oxygen atoms in total. The van der Waals surface area contributed by atoms with Crippen LogP contribution in [0.1, 0.15) is 16.8 Å². The maximum absolute atomic E-state index is 3.47. The molecule has 21 heavy (non-hydrogen) atoms. The Kier molecular flexibility index (Phi) is 2.61. The van der Waals surface area contributed by atoms with Gasteiger partial charge in [-0.1, -0.05) is 42.0 Å². The molecule has 2 heterocycles. The summed E-state index contributed by atoms with van der Waals surface area (Å²) in [5.74, 6) is 1.13. The lowest BCUT2D eigenvalue weighted by Gasteiger charge is -2.01. The molecule has 0 spiro atoms. The van der Waals surface area contributed by atoms with E-state index in [4.69, 9.17) is 0 Å². The summed E-state index contributed by atoms with van der Waals surface area (Å²) in [5.41, 5.74) is 6.28. The van der Waals surface area contributed by atoms with Crippen LogP contribution < -0.4 is 4.57 Å². The summed E-state index contributed by atoms with van der Waals surface area (Å²) in [6, 6.07) is 17.3. The van der Waals surface area contributed by atoms with E-state index in [2.05, 4.69) is 82.5 Å². The number of rotatable bonds is 2. The molecule has 0 unspecified atom stereocenters. The molecule has 0 saturated carbocycles. The van der Waals surface area contributed by atoms with Crippen LogP contribution >= 0.6 is 0 Å². The lowest BCUT2D eigenvalue weighted by atomic mass is 10.1. The molecule has 0 aliphatic carbocycles. The van der Waals surface area contributed by atoms with Gasteiger partial charge >= 0.3 is 5.78 Å². The Morgan fingerprint density at radius 3 is 2.57 bits per heavy atom. The number of para-hydroxylation sites is 2. The van der Waals surface area contributed by atoms with Crippen molar-refractivity contribution in [1.29, 1.82) is 0 Å². The number of benzene rings is 2. The second kappa shape index (κ2) is 4.48. The van der Waals surface area contributed by atoms with E-state index in [1.54, 1.807) is 0 Å². The molecule has 0 aliphatic rings. The van der Waals surface area contributed by atoms with Gasteiger partial charge in [-0.2, -0.15) is 4.40 Å². The van der Waals surface area contributed by atoms with Crippen molar-refractivity contribution in [3.8, 4) is 0 Å². The number of aromatic amines is 1. The third kappa shape index (κ3) is 1.93. The molecular weight excluding hydrogens is 258 g/mol. The highest BCUT2D eigenvalue weighted by atomic mass is 15.2. The Labute approximate surface area is 123 Å². The lowest BCUT2D eigenvalue weighted by Crippen LogP contribution is -2.34. The van der Waals surface area contributed by atoms with E-state index in [1.807, 2.05) is 0 Å². The molecule has 3 heteroatoms. The predicted octanol–water partition coefficient (Wildman–Crippen LogP) is 3.37. The molecule has 4 aromatic rings. The van der Waals surface area contributed by atoms with Crippen LogP contribution in [0.4, 0.5) is 0 Å². The van der Waals surface area contributed by atoms with Crippen molar-refractivity contribution in [2.24, 2.45) is 0 Å². The molecule has 0 atom stereocenters. The van der Waals surface area contributed by atoms with Crippen LogP contribution in [0.3, 0.4) is 0 Å². The van der Waals surface area contributed by atoms with Crippen LogP contribution in [-0.4, -0.2) is 9.38 Å². The fraction of sp³-hybridized carbons (Fsp3) is 0.167. The van der Waals surface area contributed by atoms with Gasteiger partial charge in [0.1, 0.15) is 22.9 Å². The van der Waals surface area contributed by atoms with Crippen LogP contribution in [0.5, 0.6) is 0 Å². The van der Waals surface area contributed by atoms with Gasteiger partial charge in [0.25, 0.3) is 0 Å². The van der Waals surface area contributed by atoms with Gasteiger partial charge in [-0.15, -0.1) is 0 Å². The third-order valence-corrected chi connectivity index (χ3v) is 4.01. The van der Waals surface area contributed by atoms with E-state index in [0.29, 0.717) is 0 Å². The fourth-order valence-corrected chi connectivity index (χ4v) is 2.95. The van der Waals surface area contributed by atoms with Gasteiger partial charge in [0.05, 0.1) is 6.54 Å². The van der Waals surface area contributed by atoms with Gasteiger partial charge in [0.15, 0.2) is 0 Å². The summed E-state index contributed by atoms with van der Waals surface area (Å²) in [7, 11) is 0. The monoisotopic (exact) mass is 276 g/mol. The molecule has 4 rings (SSSR count). The second-order valence-electron chi connectivity index (χ2n) is 5.69. The minimum absolute atomic E-state index is 0.872. The SMILES string of the molecule is Cc1ccc(C[n+]2c3ccccc3n3cc(C)[nH]c32)cc1. The molecular formula is C18H18N3+. The van der Waals surface area contributed by atoms with Crippen molar-refractivity contribution in [3.05, 3.63) is 71.5 Å². The zero-order chi connectivity index (χ0) is 14.4. The number of nitrogens with zero attached hydrogens (tertiary/aromatic N) is 2. The Morgan fingerprint density at radius 1 is 1.00 bits per heavy atom. The lowest BCUT2D eigenvalue weighted by molar-refractivity contribution is -0.638. The second-order valence-corrected chi connectivity index (χ2v) is 5.69. The van der Waals surface area contributed by atoms with Gasteiger partial charge in [0.2, 0.25) is 0 Å². The molecule has 0 aliphatic heterocycles. The standard InChI is InChI=1S/C18H17N3/c1-13-7-9-15(10-8-13)12-21-17-6-4-3-5-16(17)20-11-14(2)19-18(20)21/h3-11H,12H2,1-2H3/p+1. The van der Waals surface area contributed by atoms with Gasteiger partial charge in [0, 0.05) is 0 Å². The van der Waals surface area contributed by atoms with Gasteiger partial charge in [-0.05, 0) is 31.5 Å². The van der Waals surface area contributed by atoms with Gasteiger partial charge < -0.3 is 0 Å². The highest BCUT2D eigenvalue weighted by Crippen LogP contribution is 2.16. The molecule has 0 amide bonds. The quantitative estimate of drug-likeness (QED) is 0.543. The first-order valence-corrected chi connectivity index (χ1v) is 7.26. The molecule has 0 fully saturated rings. The Balaban J connectivity index is 1.94. The number of H-pyrrole nitrogens is 1. The minimum Gasteiger partial charge on any atom is -0.245 e. The van der Waals surface area contributed by atoms with Crippen molar-refractivity contribution in [2.75, 3.05) is 0 Å². The molecule has 0 bridgehead atoms. The largest absolute Gasteiger partial charge is 0.368 e. The topological polar surface area (TPSA) is 24.1 Å². The zero-order valence-corrected chi connectivity index (χ0v) is 12.3. The van der Waals surface area contributed by atoms with Crippen molar-refractivity contribution >= 4 is 16.8 Å². The number of aryl methyl sites for hydroxylation is 2. The average molecular weight is 276 g/mol. The third-order valence-electron chi connectivity index (χ3n) is 4.01. The molecule has 1 N–H and O–H groups in total. The number of fused-ring (bicyclic) bond motifs is 3. The van der Waals surface area contributed by atoms with Crippen LogP contribution in [-0.2, 0) is 6.54 Å². The van der Waals surface area contributed by atoms with Crippen molar-refractivity contribution in [2.45, 2.75) is 20.4 Å². The van der Waals surface area contributed by atoms with E-state index in [0.717, 1.165) is 12.3 Å². The number of hydrogen-bond donors (Lipinski definition) is 1. The maximum atomic E-state index is 3.47. The Bertz CT molecular complexity index is 926. The summed E-state index contributed by atoms with van der Waals surface area (Å²) >= 11 is 0. The smallest absolute Gasteiger partial charge is 0.245 e. The Hall–Kier alpha value is -2.55. The first kappa shape index (κ1) is 12.2. The summed E-state index contributed by atoms with van der Waals surface area (Å²) in [4.78, 5) is 3.47. The predicted molar refractivity (Wildman–Crippen MR) is 84.5 cm³/mol. The normalized spacial score (nSPS) is 11.5. The zero-order valence-electron chi connectivity index (χ0n) is 12.3. The van der Waals surface area contributed by atoms with Crippen LogP contribution in [0.2, 0.25) is 0 Å². The van der Waals surface area contributed by atoms with Crippen molar-refractivity contribution in [3.63, 3.8) is 0 Å². The van der Waals surface area contributed by atoms with Gasteiger partial charge in [-0.25, -0.2) is 9.55 Å². The van der Waals surface area contributed by atoms with Crippen molar-refractivity contribution < 1.29 is 4.57 Å². The van der Waals surface area contributed by atoms with E-state index in [9.17, 15) is 0 Å². The number of imidazole rings is 2.